The van der Waals surface area contributed by atoms with Crippen molar-refractivity contribution in [3.05, 3.63) is 69.2 Å². The molecule has 0 amide bonds. The van der Waals surface area contributed by atoms with Gasteiger partial charge in [-0.3, -0.25) is 0 Å². The molecule has 21 heavy (non-hydrogen) atoms. The maximum atomic E-state index is 8.94. The molecule has 1 atom stereocenters. The second kappa shape index (κ2) is 7.49. The molecule has 108 valence electrons. The Kier molecular flexibility index (Phi) is 5.67. The van der Waals surface area contributed by atoms with Gasteiger partial charge in [-0.05, 0) is 36.2 Å². The predicted molar refractivity (Wildman–Crippen MR) is 87.5 cm³/mol. The smallest absolute Gasteiger partial charge is 0.0621 e. The summed E-state index contributed by atoms with van der Waals surface area (Å²) in [5, 5.41) is 10.0. The molecule has 2 aromatic rings. The molecule has 0 aromatic heterocycles. The monoisotopic (exact) mass is 319 g/mol. The molecule has 3 N–H and O–H groups in total. The van der Waals surface area contributed by atoms with Crippen LogP contribution in [0.3, 0.4) is 0 Å². The van der Waals surface area contributed by atoms with Crippen molar-refractivity contribution in [2.24, 2.45) is 5.73 Å². The highest BCUT2D eigenvalue weighted by Gasteiger charge is 2.05. The molecule has 0 saturated carbocycles. The van der Waals surface area contributed by atoms with E-state index in [2.05, 4.69) is 11.8 Å². The molecule has 0 radical (unpaired) electrons. The molecule has 0 spiro atoms. The first-order valence-electron chi connectivity index (χ1n) is 6.54. The second-order valence-electron chi connectivity index (χ2n) is 4.59. The van der Waals surface area contributed by atoms with Crippen LogP contribution in [0.25, 0.3) is 0 Å². The van der Waals surface area contributed by atoms with Crippen molar-refractivity contribution in [1.29, 1.82) is 0 Å². The highest BCUT2D eigenvalue weighted by molar-refractivity contribution is 6.36. The van der Waals surface area contributed by atoms with E-state index in [0.29, 0.717) is 22.0 Å². The van der Waals surface area contributed by atoms with E-state index >= 15 is 0 Å². The van der Waals surface area contributed by atoms with E-state index in [1.54, 1.807) is 18.2 Å². The maximum absolute atomic E-state index is 8.94. The van der Waals surface area contributed by atoms with Gasteiger partial charge in [0, 0.05) is 18.2 Å². The standard InChI is InChI=1S/C17H15Cl2NO/c18-15-5-2-6-16(19)14(15)8-7-12-3-1-4-13(11-12)17(20)9-10-21/h1-6,11,17,21H,9-10,20H2. The topological polar surface area (TPSA) is 46.2 Å². The molecular formula is C17H15Cl2NO. The van der Waals surface area contributed by atoms with E-state index in [1.165, 1.54) is 0 Å². The Balaban J connectivity index is 2.29. The molecule has 0 heterocycles. The highest BCUT2D eigenvalue weighted by atomic mass is 35.5. The number of hydrogen-bond acceptors (Lipinski definition) is 2. The van der Waals surface area contributed by atoms with E-state index in [4.69, 9.17) is 34.0 Å². The van der Waals surface area contributed by atoms with Gasteiger partial charge in [0.25, 0.3) is 0 Å². The zero-order valence-electron chi connectivity index (χ0n) is 11.3. The molecule has 4 heteroatoms. The van der Waals surface area contributed by atoms with Crippen molar-refractivity contribution in [2.75, 3.05) is 6.61 Å². The van der Waals surface area contributed by atoms with E-state index < -0.39 is 0 Å². The lowest BCUT2D eigenvalue weighted by atomic mass is 10.0. The van der Waals surface area contributed by atoms with Crippen LogP contribution in [0, 0.1) is 11.8 Å². The number of hydrogen-bond donors (Lipinski definition) is 2. The Morgan fingerprint density at radius 1 is 1.05 bits per heavy atom. The summed E-state index contributed by atoms with van der Waals surface area (Å²) < 4.78 is 0. The zero-order chi connectivity index (χ0) is 15.2. The first-order chi connectivity index (χ1) is 10.1. The fraction of sp³-hybridized carbons (Fsp3) is 0.176. The summed E-state index contributed by atoms with van der Waals surface area (Å²) in [4.78, 5) is 0. The number of benzene rings is 2. The summed E-state index contributed by atoms with van der Waals surface area (Å²) in [6.45, 7) is 0.0618. The molecule has 1 unspecified atom stereocenters. The third-order valence-corrected chi connectivity index (χ3v) is 3.68. The molecule has 2 aromatic carbocycles. The Labute approximate surface area is 134 Å². The zero-order valence-corrected chi connectivity index (χ0v) is 12.8. The van der Waals surface area contributed by atoms with E-state index in [9.17, 15) is 0 Å². The molecule has 0 fully saturated rings. The van der Waals surface area contributed by atoms with Crippen LogP contribution in [0.4, 0.5) is 0 Å². The van der Waals surface area contributed by atoms with Gasteiger partial charge in [-0.25, -0.2) is 0 Å². The van der Waals surface area contributed by atoms with Crippen LogP contribution in [-0.4, -0.2) is 11.7 Å². The maximum Gasteiger partial charge on any atom is 0.0621 e. The molecular weight excluding hydrogens is 305 g/mol. The molecule has 0 bridgehead atoms. The predicted octanol–water partition coefficient (Wildman–Crippen LogP) is 3.78. The normalized spacial score (nSPS) is 11.6. The van der Waals surface area contributed by atoms with Gasteiger partial charge in [0.15, 0.2) is 0 Å². The number of halogens is 2. The average Bonchev–Trinajstić information content (AvgIpc) is 2.47. The average molecular weight is 320 g/mol. The number of aliphatic hydroxyl groups is 1. The molecule has 0 aliphatic rings. The van der Waals surface area contributed by atoms with Crippen molar-refractivity contribution in [1.82, 2.24) is 0 Å². The van der Waals surface area contributed by atoms with E-state index in [0.717, 1.165) is 11.1 Å². The minimum absolute atomic E-state index is 0.0618. The lowest BCUT2D eigenvalue weighted by Gasteiger charge is -2.10. The van der Waals surface area contributed by atoms with Crippen molar-refractivity contribution < 1.29 is 5.11 Å². The Morgan fingerprint density at radius 3 is 2.38 bits per heavy atom. The Bertz CT molecular complexity index is 668. The number of aliphatic hydroxyl groups excluding tert-OH is 1. The van der Waals surface area contributed by atoms with E-state index in [-0.39, 0.29) is 12.6 Å². The fourth-order valence-corrected chi connectivity index (χ4v) is 2.40. The van der Waals surface area contributed by atoms with Crippen LogP contribution in [0.1, 0.15) is 29.2 Å². The van der Waals surface area contributed by atoms with Crippen LogP contribution >= 0.6 is 23.2 Å². The minimum atomic E-state index is -0.194. The number of nitrogens with two attached hydrogens (primary N) is 1. The summed E-state index contributed by atoms with van der Waals surface area (Å²) >= 11 is 12.2. The largest absolute Gasteiger partial charge is 0.396 e. The third-order valence-electron chi connectivity index (χ3n) is 3.05. The van der Waals surface area contributed by atoms with Gasteiger partial charge in [-0.2, -0.15) is 0 Å². The van der Waals surface area contributed by atoms with Crippen molar-refractivity contribution in [3.63, 3.8) is 0 Å². The molecule has 2 nitrogen and oxygen atoms in total. The van der Waals surface area contributed by atoms with Gasteiger partial charge >= 0.3 is 0 Å². The quantitative estimate of drug-likeness (QED) is 0.846. The molecule has 0 aliphatic heterocycles. The van der Waals surface area contributed by atoms with Crippen LogP contribution in [0.5, 0.6) is 0 Å². The van der Waals surface area contributed by atoms with Crippen LogP contribution in [-0.2, 0) is 0 Å². The fourth-order valence-electron chi connectivity index (χ4n) is 1.90. The van der Waals surface area contributed by atoms with Gasteiger partial charge in [0.1, 0.15) is 0 Å². The van der Waals surface area contributed by atoms with Crippen molar-refractivity contribution in [3.8, 4) is 11.8 Å². The lowest BCUT2D eigenvalue weighted by Crippen LogP contribution is -2.11. The van der Waals surface area contributed by atoms with Crippen LogP contribution in [0.2, 0.25) is 10.0 Å². The number of rotatable bonds is 3. The van der Waals surface area contributed by atoms with Gasteiger partial charge in [-0.1, -0.05) is 53.2 Å². The second-order valence-corrected chi connectivity index (χ2v) is 5.41. The summed E-state index contributed by atoms with van der Waals surface area (Å²) in [5.74, 6) is 6.03. The van der Waals surface area contributed by atoms with Gasteiger partial charge in [0.2, 0.25) is 0 Å². The van der Waals surface area contributed by atoms with Crippen LogP contribution < -0.4 is 5.73 Å². The highest BCUT2D eigenvalue weighted by Crippen LogP contribution is 2.23. The van der Waals surface area contributed by atoms with Gasteiger partial charge in [-0.15, -0.1) is 0 Å². The Morgan fingerprint density at radius 2 is 1.71 bits per heavy atom. The van der Waals surface area contributed by atoms with Gasteiger partial charge < -0.3 is 10.8 Å². The minimum Gasteiger partial charge on any atom is -0.396 e. The first kappa shape index (κ1) is 15.9. The summed E-state index contributed by atoms with van der Waals surface area (Å²) in [6.07, 6.45) is 0.521. The molecule has 0 saturated heterocycles. The van der Waals surface area contributed by atoms with Crippen LogP contribution in [0.15, 0.2) is 42.5 Å². The summed E-state index contributed by atoms with van der Waals surface area (Å²) in [5.41, 5.74) is 8.37. The van der Waals surface area contributed by atoms with E-state index in [1.807, 2.05) is 24.3 Å². The summed E-state index contributed by atoms with van der Waals surface area (Å²) in [7, 11) is 0. The molecule has 0 aliphatic carbocycles. The lowest BCUT2D eigenvalue weighted by molar-refractivity contribution is 0.276. The van der Waals surface area contributed by atoms with Crippen molar-refractivity contribution >= 4 is 23.2 Å². The third kappa shape index (κ3) is 4.23. The molecule has 2 rings (SSSR count). The SMILES string of the molecule is NC(CCO)c1cccc(C#Cc2c(Cl)cccc2Cl)c1. The van der Waals surface area contributed by atoms with Crippen molar-refractivity contribution in [2.45, 2.75) is 12.5 Å². The Hall–Kier alpha value is -1.50. The summed E-state index contributed by atoms with van der Waals surface area (Å²) in [6, 6.07) is 12.7. The first-order valence-corrected chi connectivity index (χ1v) is 7.30. The van der Waals surface area contributed by atoms with Gasteiger partial charge in [0.05, 0.1) is 15.6 Å².